The van der Waals surface area contributed by atoms with Crippen molar-refractivity contribution in [2.45, 2.75) is 0 Å². The van der Waals surface area contributed by atoms with E-state index in [2.05, 4.69) is 11.7 Å². The maximum atomic E-state index is 4.00. The van der Waals surface area contributed by atoms with Crippen LogP contribution in [-0.4, -0.2) is 0 Å². The van der Waals surface area contributed by atoms with Crippen LogP contribution < -0.4 is 11.7 Å². The van der Waals surface area contributed by atoms with Gasteiger partial charge in [0.1, 0.15) is 0 Å². The fourth-order valence-electron chi connectivity index (χ4n) is 0.227. The van der Waals surface area contributed by atoms with Gasteiger partial charge in [0.25, 0.3) is 0 Å². The zero-order chi connectivity index (χ0) is 5.54. The average molecular weight is 116 g/mol. The smallest absolute Gasteiger partial charge is 0.00934 e. The average Bonchev–Trinajstić information content (AvgIpc) is 2.23. The second-order valence-corrected chi connectivity index (χ2v) is 1.61. The summed E-state index contributed by atoms with van der Waals surface area (Å²) in [5.74, 6) is 8.00. The van der Waals surface area contributed by atoms with Gasteiger partial charge in [-0.2, -0.15) is 11.3 Å². The molecule has 0 radical (unpaired) electrons. The molecule has 0 atom stereocenters. The molecule has 0 amide bonds. The third kappa shape index (κ3) is 3.45. The van der Waals surface area contributed by atoms with Crippen LogP contribution in [0.4, 0.5) is 0 Å². The van der Waals surface area contributed by atoms with E-state index in [1.807, 2.05) is 22.9 Å². The molecule has 0 aliphatic carbocycles. The topological polar surface area (TPSA) is 52.0 Å². The molecule has 7 heavy (non-hydrogen) atoms. The van der Waals surface area contributed by atoms with Gasteiger partial charge in [-0.05, 0) is 10.8 Å². The molecule has 0 spiro atoms. The molecule has 0 unspecified atom stereocenters. The SMILES string of the molecule is NN.c1ccsc1. The first-order valence-electron chi connectivity index (χ1n) is 1.80. The lowest BCUT2D eigenvalue weighted by Gasteiger charge is -1.39. The molecule has 0 aliphatic rings. The third-order valence-electron chi connectivity index (χ3n) is 0.425. The zero-order valence-electron chi connectivity index (χ0n) is 3.87. The Hall–Kier alpha value is -0.380. The Kier molecular flexibility index (Phi) is 5.31. The summed E-state index contributed by atoms with van der Waals surface area (Å²) in [5.41, 5.74) is 0. The fraction of sp³-hybridized carbons (Fsp3) is 0. The predicted octanol–water partition coefficient (Wildman–Crippen LogP) is 0.567. The maximum absolute atomic E-state index is 4.00. The number of rotatable bonds is 0. The van der Waals surface area contributed by atoms with Crippen molar-refractivity contribution in [1.82, 2.24) is 0 Å². The normalized spacial score (nSPS) is 6.57. The van der Waals surface area contributed by atoms with Gasteiger partial charge in [-0.1, -0.05) is 12.1 Å². The first kappa shape index (κ1) is 6.62. The number of hydrazine groups is 1. The van der Waals surface area contributed by atoms with Crippen LogP contribution >= 0.6 is 11.3 Å². The van der Waals surface area contributed by atoms with Gasteiger partial charge < -0.3 is 0 Å². The van der Waals surface area contributed by atoms with Crippen molar-refractivity contribution in [2.24, 2.45) is 11.7 Å². The molecule has 3 heteroatoms. The van der Waals surface area contributed by atoms with Crippen LogP contribution in [0.1, 0.15) is 0 Å². The Morgan fingerprint density at radius 1 is 1.00 bits per heavy atom. The standard InChI is InChI=1S/C4H4S.H4N2/c1-2-4-5-3-1;1-2/h1-4H;1-2H2. The van der Waals surface area contributed by atoms with E-state index in [0.717, 1.165) is 0 Å². The van der Waals surface area contributed by atoms with Gasteiger partial charge in [0.15, 0.2) is 0 Å². The molecule has 1 aromatic rings. The van der Waals surface area contributed by atoms with E-state index in [-0.39, 0.29) is 0 Å². The lowest BCUT2D eigenvalue weighted by atomic mass is 10.7. The summed E-state index contributed by atoms with van der Waals surface area (Å²) in [4.78, 5) is 0. The highest BCUT2D eigenvalue weighted by Gasteiger charge is 1.58. The second-order valence-electron chi connectivity index (χ2n) is 0.793. The number of thiophene rings is 1. The van der Waals surface area contributed by atoms with Crippen molar-refractivity contribution in [1.29, 1.82) is 0 Å². The van der Waals surface area contributed by atoms with Crippen molar-refractivity contribution in [3.63, 3.8) is 0 Å². The Morgan fingerprint density at radius 3 is 1.57 bits per heavy atom. The van der Waals surface area contributed by atoms with Crippen LogP contribution in [-0.2, 0) is 0 Å². The maximum Gasteiger partial charge on any atom is -0.00934 e. The largest absolute Gasteiger partial charge is 0.274 e. The molecule has 1 heterocycles. The summed E-state index contributed by atoms with van der Waals surface area (Å²) in [6, 6.07) is 4.04. The Bertz CT molecular complexity index is 66.2. The van der Waals surface area contributed by atoms with Crippen molar-refractivity contribution in [3.8, 4) is 0 Å². The second kappa shape index (κ2) is 5.62. The summed E-state index contributed by atoms with van der Waals surface area (Å²) in [6.45, 7) is 0. The highest BCUT2D eigenvalue weighted by Crippen LogP contribution is 1.91. The van der Waals surface area contributed by atoms with Crippen molar-refractivity contribution in [2.75, 3.05) is 0 Å². The lowest BCUT2D eigenvalue weighted by Crippen LogP contribution is -2.02. The first-order chi connectivity index (χ1) is 3.50. The highest BCUT2D eigenvalue weighted by atomic mass is 32.1. The van der Waals surface area contributed by atoms with Crippen LogP contribution in [0.15, 0.2) is 22.9 Å². The van der Waals surface area contributed by atoms with Gasteiger partial charge >= 0.3 is 0 Å². The minimum absolute atomic E-state index is 1.71. The quantitative estimate of drug-likeness (QED) is 0.384. The molecule has 0 saturated carbocycles. The molecule has 1 rings (SSSR count). The van der Waals surface area contributed by atoms with E-state index in [0.29, 0.717) is 0 Å². The number of nitrogens with two attached hydrogens (primary N) is 2. The molecule has 0 aliphatic heterocycles. The summed E-state index contributed by atoms with van der Waals surface area (Å²) < 4.78 is 0. The molecule has 1 aromatic heterocycles. The molecule has 2 nitrogen and oxygen atoms in total. The fourth-order valence-corrected chi connectivity index (χ4v) is 0.680. The molecule has 0 saturated heterocycles. The summed E-state index contributed by atoms with van der Waals surface area (Å²) in [7, 11) is 0. The van der Waals surface area contributed by atoms with E-state index < -0.39 is 0 Å². The van der Waals surface area contributed by atoms with E-state index in [4.69, 9.17) is 0 Å². The van der Waals surface area contributed by atoms with E-state index in [1.54, 1.807) is 11.3 Å². The Labute approximate surface area is 46.7 Å². The minimum atomic E-state index is 1.71. The van der Waals surface area contributed by atoms with Gasteiger partial charge in [0.2, 0.25) is 0 Å². The minimum Gasteiger partial charge on any atom is -0.274 e. The molecule has 4 N–H and O–H groups in total. The van der Waals surface area contributed by atoms with Crippen molar-refractivity contribution < 1.29 is 0 Å². The Morgan fingerprint density at radius 2 is 1.43 bits per heavy atom. The van der Waals surface area contributed by atoms with Crippen LogP contribution in [0.5, 0.6) is 0 Å². The predicted molar refractivity (Wildman–Crippen MR) is 32.7 cm³/mol. The van der Waals surface area contributed by atoms with Gasteiger partial charge in [-0.25, -0.2) is 0 Å². The van der Waals surface area contributed by atoms with Crippen molar-refractivity contribution >= 4 is 11.3 Å². The van der Waals surface area contributed by atoms with E-state index in [1.165, 1.54) is 0 Å². The monoisotopic (exact) mass is 116 g/mol. The number of hydrogen-bond acceptors (Lipinski definition) is 3. The van der Waals surface area contributed by atoms with Crippen LogP contribution in [0.3, 0.4) is 0 Å². The van der Waals surface area contributed by atoms with Gasteiger partial charge in [-0.15, -0.1) is 0 Å². The van der Waals surface area contributed by atoms with E-state index >= 15 is 0 Å². The first-order valence-corrected chi connectivity index (χ1v) is 2.75. The van der Waals surface area contributed by atoms with Crippen LogP contribution in [0.25, 0.3) is 0 Å². The third-order valence-corrected chi connectivity index (χ3v) is 1.05. The van der Waals surface area contributed by atoms with Gasteiger partial charge in [0, 0.05) is 0 Å². The highest BCUT2D eigenvalue weighted by molar-refractivity contribution is 7.07. The van der Waals surface area contributed by atoms with Gasteiger partial charge in [0.05, 0.1) is 0 Å². The lowest BCUT2D eigenvalue weighted by molar-refractivity contribution is 1.26. The van der Waals surface area contributed by atoms with Gasteiger partial charge in [-0.3, -0.25) is 11.7 Å². The molecule has 0 aromatic carbocycles. The summed E-state index contributed by atoms with van der Waals surface area (Å²) in [5, 5.41) is 4.08. The van der Waals surface area contributed by atoms with Crippen LogP contribution in [0, 0.1) is 0 Å². The van der Waals surface area contributed by atoms with E-state index in [9.17, 15) is 0 Å². The molecular formula is C4H8N2S. The Balaban J connectivity index is 0.000000162. The zero-order valence-corrected chi connectivity index (χ0v) is 4.69. The molecule has 40 valence electrons. The van der Waals surface area contributed by atoms with Crippen LogP contribution in [0.2, 0.25) is 0 Å². The molecular weight excluding hydrogens is 108 g/mol. The summed E-state index contributed by atoms with van der Waals surface area (Å²) >= 11 is 1.71. The molecule has 0 fully saturated rings. The molecule has 0 bridgehead atoms. The van der Waals surface area contributed by atoms with Crippen molar-refractivity contribution in [3.05, 3.63) is 22.9 Å². The summed E-state index contributed by atoms with van der Waals surface area (Å²) in [6.07, 6.45) is 0. The number of hydrogen-bond donors (Lipinski definition) is 2.